The van der Waals surface area contributed by atoms with Crippen LogP contribution in [0.5, 0.6) is 0 Å². The van der Waals surface area contributed by atoms with Gasteiger partial charge in [0.05, 0.1) is 17.2 Å². The van der Waals surface area contributed by atoms with Gasteiger partial charge in [-0.2, -0.15) is 13.2 Å². The maximum atomic E-state index is 12.8. The van der Waals surface area contributed by atoms with E-state index >= 15 is 0 Å². The van der Waals surface area contributed by atoms with Gasteiger partial charge in [0.25, 0.3) is 0 Å². The Hall–Kier alpha value is -1.61. The highest BCUT2D eigenvalue weighted by molar-refractivity contribution is 7.99. The minimum absolute atomic E-state index is 0.0472. The second-order valence-electron chi connectivity index (χ2n) is 5.64. The van der Waals surface area contributed by atoms with Crippen LogP contribution < -0.4 is 0 Å². The number of halogens is 3. The van der Waals surface area contributed by atoms with Gasteiger partial charge in [-0.1, -0.05) is 23.9 Å². The van der Waals surface area contributed by atoms with E-state index in [0.29, 0.717) is 5.16 Å². The second-order valence-corrected chi connectivity index (χ2v) is 6.58. The maximum Gasteiger partial charge on any atom is 0.416 e. The maximum absolute atomic E-state index is 12.8. The molecule has 0 fully saturated rings. The third-order valence-corrected chi connectivity index (χ3v) is 4.48. The van der Waals surface area contributed by atoms with Crippen LogP contribution >= 0.6 is 11.8 Å². The van der Waals surface area contributed by atoms with E-state index in [0.717, 1.165) is 12.1 Å². The van der Waals surface area contributed by atoms with E-state index in [1.807, 2.05) is 13.8 Å². The van der Waals surface area contributed by atoms with Gasteiger partial charge in [0.1, 0.15) is 0 Å². The zero-order valence-electron chi connectivity index (χ0n) is 12.9. The molecule has 1 atom stereocenters. The van der Waals surface area contributed by atoms with Crippen molar-refractivity contribution < 1.29 is 18.3 Å². The Bertz CT molecular complexity index is 670. The van der Waals surface area contributed by atoms with Crippen LogP contribution in [-0.4, -0.2) is 31.1 Å². The van der Waals surface area contributed by atoms with Crippen LogP contribution in [0.15, 0.2) is 29.4 Å². The molecule has 1 aromatic heterocycles. The largest absolute Gasteiger partial charge is 0.416 e. The number of aromatic nitrogens is 4. The summed E-state index contributed by atoms with van der Waals surface area (Å²) < 4.78 is 40.0. The van der Waals surface area contributed by atoms with Crippen LogP contribution in [0.2, 0.25) is 0 Å². The number of nitrogens with zero attached hydrogens (tertiary/aromatic N) is 4. The van der Waals surface area contributed by atoms with Crippen molar-refractivity contribution in [3.63, 3.8) is 0 Å². The minimum atomic E-state index is -4.44. The molecular weight excluding hydrogens is 329 g/mol. The number of thioether (sulfide) groups is 1. The van der Waals surface area contributed by atoms with Gasteiger partial charge in [-0.25, -0.2) is 4.68 Å². The Morgan fingerprint density at radius 2 is 1.91 bits per heavy atom. The average molecular weight is 346 g/mol. The molecule has 1 aromatic carbocycles. The molecule has 0 aliphatic heterocycles. The number of aliphatic hydroxyl groups is 1. The summed E-state index contributed by atoms with van der Waals surface area (Å²) in [6, 6.07) is 4.75. The average Bonchev–Trinajstić information content (AvgIpc) is 2.93. The lowest BCUT2D eigenvalue weighted by Gasteiger charge is -2.24. The molecule has 1 heterocycles. The molecule has 0 saturated heterocycles. The third-order valence-electron chi connectivity index (χ3n) is 3.25. The topological polar surface area (TPSA) is 63.8 Å². The Morgan fingerprint density at radius 3 is 2.52 bits per heavy atom. The van der Waals surface area contributed by atoms with Gasteiger partial charge in [-0.3, -0.25) is 0 Å². The molecule has 1 unspecified atom stereocenters. The molecule has 0 aliphatic carbocycles. The number of benzene rings is 1. The molecular formula is C14H17F3N4OS. The summed E-state index contributed by atoms with van der Waals surface area (Å²) in [7, 11) is 0. The number of alkyl halides is 3. The monoisotopic (exact) mass is 346 g/mol. The van der Waals surface area contributed by atoms with E-state index in [1.165, 1.54) is 30.8 Å². The molecule has 0 aliphatic rings. The summed E-state index contributed by atoms with van der Waals surface area (Å²) in [6.07, 6.45) is -4.44. The van der Waals surface area contributed by atoms with Gasteiger partial charge in [-0.05, 0) is 48.9 Å². The molecule has 23 heavy (non-hydrogen) atoms. The molecule has 126 valence electrons. The van der Waals surface area contributed by atoms with E-state index in [4.69, 9.17) is 0 Å². The van der Waals surface area contributed by atoms with Crippen LogP contribution in [0, 0.1) is 0 Å². The first-order valence-electron chi connectivity index (χ1n) is 6.92. The highest BCUT2D eigenvalue weighted by Crippen LogP contribution is 2.34. The highest BCUT2D eigenvalue weighted by atomic mass is 32.2. The predicted molar refractivity (Wildman–Crippen MR) is 79.9 cm³/mol. The summed E-state index contributed by atoms with van der Waals surface area (Å²) in [5.41, 5.74) is -2.03. The van der Waals surface area contributed by atoms with Crippen molar-refractivity contribution in [1.82, 2.24) is 20.2 Å². The van der Waals surface area contributed by atoms with E-state index in [-0.39, 0.29) is 17.4 Å². The predicted octanol–water partition coefficient (Wildman–Crippen LogP) is 3.27. The zero-order chi connectivity index (χ0) is 17.3. The van der Waals surface area contributed by atoms with Crippen LogP contribution in [0.1, 0.15) is 37.9 Å². The second kappa shape index (κ2) is 6.48. The van der Waals surface area contributed by atoms with Crippen LogP contribution in [0.4, 0.5) is 13.2 Å². The van der Waals surface area contributed by atoms with Crippen molar-refractivity contribution in [3.8, 4) is 0 Å². The van der Waals surface area contributed by atoms with Crippen molar-refractivity contribution in [2.75, 3.05) is 5.75 Å². The first-order chi connectivity index (χ1) is 10.6. The molecule has 5 nitrogen and oxygen atoms in total. The number of hydrogen-bond donors (Lipinski definition) is 1. The molecule has 9 heteroatoms. The lowest BCUT2D eigenvalue weighted by Crippen LogP contribution is -2.25. The molecule has 2 rings (SSSR count). The summed E-state index contributed by atoms with van der Waals surface area (Å²) >= 11 is 1.19. The molecule has 0 saturated carbocycles. The number of hydrogen-bond acceptors (Lipinski definition) is 5. The Morgan fingerprint density at radius 1 is 1.26 bits per heavy atom. The minimum Gasteiger partial charge on any atom is -0.385 e. The summed E-state index contributed by atoms with van der Waals surface area (Å²) in [5, 5.41) is 22.3. The van der Waals surface area contributed by atoms with Gasteiger partial charge >= 0.3 is 6.18 Å². The zero-order valence-corrected chi connectivity index (χ0v) is 13.7. The molecule has 0 spiro atoms. The fourth-order valence-electron chi connectivity index (χ4n) is 1.92. The number of rotatable bonds is 5. The molecule has 0 amide bonds. The fraction of sp³-hybridized carbons (Fsp3) is 0.500. The standard InChI is InChI=1S/C14H17F3N4OS/c1-9(2)21-12(18-19-20-21)23-8-13(3,22)10-5-4-6-11(7-10)14(15,16)17/h4-7,9,22H,8H2,1-3H3. The summed E-state index contributed by atoms with van der Waals surface area (Å²) in [5.74, 6) is 0.126. The SMILES string of the molecule is CC(C)n1nnnc1SCC(C)(O)c1cccc(C(F)(F)F)c1. The molecule has 0 bridgehead atoms. The van der Waals surface area contributed by atoms with E-state index in [1.54, 1.807) is 4.68 Å². The van der Waals surface area contributed by atoms with E-state index in [2.05, 4.69) is 15.5 Å². The quantitative estimate of drug-likeness (QED) is 0.842. The smallest absolute Gasteiger partial charge is 0.385 e. The van der Waals surface area contributed by atoms with Gasteiger partial charge < -0.3 is 5.11 Å². The fourth-order valence-corrected chi connectivity index (χ4v) is 2.97. The van der Waals surface area contributed by atoms with Crippen LogP contribution in [0.3, 0.4) is 0 Å². The lowest BCUT2D eigenvalue weighted by atomic mass is 9.96. The van der Waals surface area contributed by atoms with E-state index < -0.39 is 17.3 Å². The van der Waals surface area contributed by atoms with Gasteiger partial charge in [0.15, 0.2) is 0 Å². The first kappa shape index (κ1) is 17.7. The van der Waals surface area contributed by atoms with Gasteiger partial charge in [-0.15, -0.1) is 5.10 Å². The van der Waals surface area contributed by atoms with Crippen LogP contribution in [0.25, 0.3) is 0 Å². The molecule has 0 radical (unpaired) electrons. The van der Waals surface area contributed by atoms with E-state index in [9.17, 15) is 18.3 Å². The summed E-state index contributed by atoms with van der Waals surface area (Å²) in [6.45, 7) is 5.29. The van der Waals surface area contributed by atoms with Crippen LogP contribution in [-0.2, 0) is 11.8 Å². The van der Waals surface area contributed by atoms with Crippen molar-refractivity contribution in [2.45, 2.75) is 43.7 Å². The summed E-state index contributed by atoms with van der Waals surface area (Å²) in [4.78, 5) is 0. The Labute approximate surface area is 135 Å². The van der Waals surface area contributed by atoms with Gasteiger partial charge in [0.2, 0.25) is 5.16 Å². The first-order valence-corrected chi connectivity index (χ1v) is 7.90. The Kier molecular flexibility index (Phi) is 5.00. The molecule has 1 N–H and O–H groups in total. The highest BCUT2D eigenvalue weighted by Gasteiger charge is 2.33. The third kappa shape index (κ3) is 4.23. The Balaban J connectivity index is 2.17. The normalized spacial score (nSPS) is 15.0. The van der Waals surface area contributed by atoms with Crippen molar-refractivity contribution in [3.05, 3.63) is 35.4 Å². The lowest BCUT2D eigenvalue weighted by molar-refractivity contribution is -0.137. The number of tetrazole rings is 1. The molecule has 2 aromatic rings. The van der Waals surface area contributed by atoms with Crippen molar-refractivity contribution in [2.24, 2.45) is 0 Å². The van der Waals surface area contributed by atoms with Gasteiger partial charge in [0, 0.05) is 5.75 Å². The van der Waals surface area contributed by atoms with Crippen molar-refractivity contribution in [1.29, 1.82) is 0 Å². The van der Waals surface area contributed by atoms with Crippen molar-refractivity contribution >= 4 is 11.8 Å².